The van der Waals surface area contributed by atoms with Crippen LogP contribution >= 0.6 is 35.0 Å². The van der Waals surface area contributed by atoms with Gasteiger partial charge in [-0.3, -0.25) is 0 Å². The summed E-state index contributed by atoms with van der Waals surface area (Å²) in [4.78, 5) is 0. The van der Waals surface area contributed by atoms with Gasteiger partial charge in [0.1, 0.15) is 12.4 Å². The minimum atomic E-state index is 0.356. The summed E-state index contributed by atoms with van der Waals surface area (Å²) in [6.07, 6.45) is 0. The Labute approximate surface area is 161 Å². The number of benzene rings is 2. The molecule has 1 heterocycles. The van der Waals surface area contributed by atoms with E-state index in [9.17, 15) is 0 Å². The molecule has 130 valence electrons. The Balaban J connectivity index is 1.66. The van der Waals surface area contributed by atoms with E-state index in [1.807, 2.05) is 36.4 Å². The topological polar surface area (TPSA) is 39.9 Å². The van der Waals surface area contributed by atoms with Crippen LogP contribution in [0.1, 0.15) is 18.3 Å². The first-order valence-electron chi connectivity index (χ1n) is 7.84. The van der Waals surface area contributed by atoms with Gasteiger partial charge in [-0.25, -0.2) is 0 Å². The molecular weight excluding hydrogens is 377 g/mol. The summed E-state index contributed by atoms with van der Waals surface area (Å²) in [5, 5.41) is 10.9. The van der Waals surface area contributed by atoms with Crippen LogP contribution in [-0.4, -0.2) is 14.8 Å². The van der Waals surface area contributed by atoms with Crippen molar-refractivity contribution in [2.45, 2.75) is 31.0 Å². The Kier molecular flexibility index (Phi) is 6.24. The van der Waals surface area contributed by atoms with Gasteiger partial charge in [0.05, 0.1) is 0 Å². The number of halogens is 2. The van der Waals surface area contributed by atoms with Crippen LogP contribution in [0.5, 0.6) is 5.75 Å². The number of hydrogen-bond acceptors (Lipinski definition) is 4. The molecule has 0 atom stereocenters. The number of nitrogens with zero attached hydrogens (tertiary/aromatic N) is 3. The minimum absolute atomic E-state index is 0.356. The van der Waals surface area contributed by atoms with E-state index in [1.165, 1.54) is 0 Å². The van der Waals surface area contributed by atoms with Gasteiger partial charge in [-0.1, -0.05) is 53.2 Å². The van der Waals surface area contributed by atoms with E-state index in [0.29, 0.717) is 11.6 Å². The highest BCUT2D eigenvalue weighted by atomic mass is 35.5. The lowest BCUT2D eigenvalue weighted by atomic mass is 10.2. The highest BCUT2D eigenvalue weighted by Gasteiger charge is 2.12. The number of aromatic nitrogens is 3. The van der Waals surface area contributed by atoms with E-state index in [0.717, 1.165) is 39.6 Å². The van der Waals surface area contributed by atoms with Gasteiger partial charge in [0.2, 0.25) is 0 Å². The number of ether oxygens (including phenoxy) is 1. The summed E-state index contributed by atoms with van der Waals surface area (Å²) < 4.78 is 7.83. The van der Waals surface area contributed by atoms with Crippen molar-refractivity contribution in [2.24, 2.45) is 0 Å². The monoisotopic (exact) mass is 393 g/mol. The molecule has 1 aromatic heterocycles. The lowest BCUT2D eigenvalue weighted by Gasteiger charge is -2.09. The second-order valence-corrected chi connectivity index (χ2v) is 7.05. The molecule has 0 amide bonds. The van der Waals surface area contributed by atoms with Crippen LogP contribution in [0.2, 0.25) is 10.0 Å². The van der Waals surface area contributed by atoms with Crippen LogP contribution < -0.4 is 4.74 Å². The zero-order valence-electron chi connectivity index (χ0n) is 13.7. The molecule has 0 aliphatic heterocycles. The fraction of sp³-hybridized carbons (Fsp3) is 0.222. The van der Waals surface area contributed by atoms with Crippen LogP contribution in [0, 0.1) is 0 Å². The molecule has 0 radical (unpaired) electrons. The Bertz CT molecular complexity index is 837. The van der Waals surface area contributed by atoms with E-state index in [2.05, 4.69) is 21.7 Å². The molecule has 3 aromatic rings. The van der Waals surface area contributed by atoms with Gasteiger partial charge in [-0.2, -0.15) is 0 Å². The van der Waals surface area contributed by atoms with Gasteiger partial charge in [0.25, 0.3) is 0 Å². The maximum Gasteiger partial charge on any atom is 0.191 e. The van der Waals surface area contributed by atoms with Crippen LogP contribution in [0.4, 0.5) is 0 Å². The first-order chi connectivity index (χ1) is 12.2. The van der Waals surface area contributed by atoms with E-state index in [-0.39, 0.29) is 0 Å². The molecule has 0 saturated heterocycles. The molecular formula is C18H17Cl2N3OS. The van der Waals surface area contributed by atoms with Gasteiger partial charge in [0.15, 0.2) is 11.0 Å². The molecule has 0 N–H and O–H groups in total. The van der Waals surface area contributed by atoms with Gasteiger partial charge in [-0.15, -0.1) is 10.2 Å². The second kappa shape index (κ2) is 8.61. The largest absolute Gasteiger partial charge is 0.486 e. The van der Waals surface area contributed by atoms with Gasteiger partial charge in [-0.05, 0) is 42.8 Å². The normalized spacial score (nSPS) is 10.8. The number of thioether (sulfide) groups is 1. The summed E-state index contributed by atoms with van der Waals surface area (Å²) in [5.41, 5.74) is 1.08. The smallest absolute Gasteiger partial charge is 0.191 e. The van der Waals surface area contributed by atoms with Crippen LogP contribution in [-0.2, 0) is 18.9 Å². The van der Waals surface area contributed by atoms with Crippen molar-refractivity contribution in [3.05, 3.63) is 70.0 Å². The summed E-state index contributed by atoms with van der Waals surface area (Å²) in [5.74, 6) is 2.29. The fourth-order valence-corrected chi connectivity index (χ4v) is 3.72. The molecule has 0 unspecified atom stereocenters. The molecule has 0 aliphatic rings. The zero-order chi connectivity index (χ0) is 17.6. The Morgan fingerprint density at radius 2 is 1.80 bits per heavy atom. The van der Waals surface area contributed by atoms with Gasteiger partial charge < -0.3 is 9.30 Å². The molecule has 0 bridgehead atoms. The number of rotatable bonds is 7. The van der Waals surface area contributed by atoms with Crippen molar-refractivity contribution in [2.75, 3.05) is 0 Å². The number of hydrogen-bond donors (Lipinski definition) is 0. The minimum Gasteiger partial charge on any atom is -0.486 e. The third-order valence-electron chi connectivity index (χ3n) is 3.61. The van der Waals surface area contributed by atoms with Crippen LogP contribution in [0.25, 0.3) is 0 Å². The van der Waals surface area contributed by atoms with Crippen molar-refractivity contribution >= 4 is 35.0 Å². The Hall–Kier alpha value is -1.69. The predicted octanol–water partition coefficient (Wildman–Crippen LogP) is 5.48. The highest BCUT2D eigenvalue weighted by molar-refractivity contribution is 7.98. The van der Waals surface area contributed by atoms with Crippen molar-refractivity contribution in [1.82, 2.24) is 14.8 Å². The average Bonchev–Trinajstić information content (AvgIpc) is 3.02. The molecule has 3 rings (SSSR count). The predicted molar refractivity (Wildman–Crippen MR) is 102 cm³/mol. The molecule has 4 nitrogen and oxygen atoms in total. The quantitative estimate of drug-likeness (QED) is 0.498. The van der Waals surface area contributed by atoms with Crippen molar-refractivity contribution in [1.29, 1.82) is 0 Å². The molecule has 0 fully saturated rings. The van der Waals surface area contributed by atoms with Crippen LogP contribution in [0.15, 0.2) is 53.7 Å². The van der Waals surface area contributed by atoms with E-state index in [4.69, 9.17) is 27.9 Å². The fourth-order valence-electron chi connectivity index (χ4n) is 2.29. The highest BCUT2D eigenvalue weighted by Crippen LogP contribution is 2.26. The van der Waals surface area contributed by atoms with E-state index >= 15 is 0 Å². The molecule has 0 aliphatic carbocycles. The van der Waals surface area contributed by atoms with Gasteiger partial charge in [0, 0.05) is 22.3 Å². The Morgan fingerprint density at radius 3 is 2.52 bits per heavy atom. The maximum atomic E-state index is 6.21. The molecule has 25 heavy (non-hydrogen) atoms. The summed E-state index contributed by atoms with van der Waals surface area (Å²) in [6.45, 7) is 3.20. The summed E-state index contributed by atoms with van der Waals surface area (Å²) in [6, 6.07) is 15.1. The molecule has 2 aromatic carbocycles. The SMILES string of the molecule is CCn1c(COc2ccc(Cl)cc2)nnc1SCc1ccccc1Cl. The average molecular weight is 394 g/mol. The summed E-state index contributed by atoms with van der Waals surface area (Å²) in [7, 11) is 0. The summed E-state index contributed by atoms with van der Waals surface area (Å²) >= 11 is 13.7. The third kappa shape index (κ3) is 4.69. The maximum absolute atomic E-state index is 6.21. The zero-order valence-corrected chi connectivity index (χ0v) is 16.0. The van der Waals surface area contributed by atoms with E-state index in [1.54, 1.807) is 23.9 Å². The third-order valence-corrected chi connectivity index (χ3v) is 5.24. The van der Waals surface area contributed by atoms with Crippen molar-refractivity contribution < 1.29 is 4.74 Å². The van der Waals surface area contributed by atoms with E-state index < -0.39 is 0 Å². The lowest BCUT2D eigenvalue weighted by molar-refractivity contribution is 0.288. The standard InChI is InChI=1S/C18H17Cl2N3OS/c1-2-23-17(11-24-15-9-7-14(19)8-10-15)21-22-18(23)25-12-13-5-3-4-6-16(13)20/h3-10H,2,11-12H2,1H3. The molecule has 7 heteroatoms. The van der Waals surface area contributed by atoms with Crippen LogP contribution in [0.3, 0.4) is 0 Å². The van der Waals surface area contributed by atoms with Crippen molar-refractivity contribution in [3.63, 3.8) is 0 Å². The lowest BCUT2D eigenvalue weighted by Crippen LogP contribution is -2.07. The Morgan fingerprint density at radius 1 is 1.04 bits per heavy atom. The first kappa shape index (κ1) is 18.1. The molecule has 0 spiro atoms. The first-order valence-corrected chi connectivity index (χ1v) is 9.58. The van der Waals surface area contributed by atoms with Gasteiger partial charge >= 0.3 is 0 Å². The van der Waals surface area contributed by atoms with Crippen molar-refractivity contribution in [3.8, 4) is 5.75 Å². The molecule has 0 saturated carbocycles. The second-order valence-electron chi connectivity index (χ2n) is 5.27.